The zero-order chi connectivity index (χ0) is 21.7. The highest BCUT2D eigenvalue weighted by Crippen LogP contribution is 2.20. The fourth-order valence-electron chi connectivity index (χ4n) is 3.09. The average molecular weight is 429 g/mol. The number of methoxy groups -OCH3 is 1. The predicted octanol–water partition coefficient (Wildman–Crippen LogP) is 3.99. The fraction of sp³-hybridized carbons (Fsp3) is 0.318. The molecule has 1 aromatic heterocycles. The van der Waals surface area contributed by atoms with Crippen LogP contribution in [0.5, 0.6) is 5.75 Å². The Labute approximate surface area is 179 Å². The molecule has 0 spiro atoms. The summed E-state index contributed by atoms with van der Waals surface area (Å²) in [6.07, 6.45) is 0.945. The predicted molar refractivity (Wildman–Crippen MR) is 117 cm³/mol. The second-order valence-corrected chi connectivity index (χ2v) is 8.03. The molecule has 2 aromatic carbocycles. The smallest absolute Gasteiger partial charge is 0.203 e. The first kappa shape index (κ1) is 21.9. The summed E-state index contributed by atoms with van der Waals surface area (Å²) >= 11 is 1.19. The molecule has 0 aliphatic carbocycles. The number of carbonyl (C=O) groups excluding carboxylic acids is 1. The van der Waals surface area contributed by atoms with E-state index >= 15 is 0 Å². The number of hydrogen-bond acceptors (Lipinski definition) is 7. The monoisotopic (exact) mass is 428 g/mol. The number of rotatable bonds is 9. The molecule has 2 atom stereocenters. The molecule has 0 bridgehead atoms. The van der Waals surface area contributed by atoms with E-state index in [2.05, 4.69) is 14.7 Å². The number of aryl methyl sites for hydroxylation is 1. The van der Waals surface area contributed by atoms with Crippen LogP contribution in [0.15, 0.2) is 42.5 Å². The third-order valence-electron chi connectivity index (χ3n) is 4.65. The van der Waals surface area contributed by atoms with Crippen molar-refractivity contribution in [1.82, 2.24) is 9.36 Å². The van der Waals surface area contributed by atoms with E-state index in [1.54, 1.807) is 50.4 Å². The molecule has 3 N–H and O–H groups in total. The second-order valence-electron chi connectivity index (χ2n) is 7.28. The first-order valence-electron chi connectivity index (χ1n) is 9.63. The van der Waals surface area contributed by atoms with Gasteiger partial charge in [-0.15, -0.1) is 0 Å². The zero-order valence-electron chi connectivity index (χ0n) is 17.2. The molecule has 6 nitrogen and oxygen atoms in total. The van der Waals surface area contributed by atoms with Gasteiger partial charge in [0.1, 0.15) is 17.4 Å². The molecule has 3 rings (SSSR count). The molecular formula is C22H25FN4O2S. The lowest BCUT2D eigenvalue weighted by molar-refractivity contribution is 0.0963. The normalized spacial score (nSPS) is 13.0. The number of Topliss-reactive ketones (excluding diaryl/α,β-unsaturated/α-hetero) is 1. The lowest BCUT2D eigenvalue weighted by Crippen LogP contribution is -2.35. The van der Waals surface area contributed by atoms with E-state index in [-0.39, 0.29) is 17.6 Å². The lowest BCUT2D eigenvalue weighted by atomic mass is 9.99. The Morgan fingerprint density at radius 2 is 2.00 bits per heavy atom. The van der Waals surface area contributed by atoms with E-state index < -0.39 is 6.04 Å². The van der Waals surface area contributed by atoms with Gasteiger partial charge in [0.15, 0.2) is 5.78 Å². The molecule has 0 aliphatic rings. The summed E-state index contributed by atoms with van der Waals surface area (Å²) in [5.41, 5.74) is 8.05. The molecule has 0 saturated carbocycles. The highest BCUT2D eigenvalue weighted by atomic mass is 32.1. The van der Waals surface area contributed by atoms with Crippen LogP contribution in [0, 0.1) is 12.7 Å². The van der Waals surface area contributed by atoms with E-state index in [0.29, 0.717) is 40.7 Å². The SMILES string of the molecule is COc1ccc(C(=O)C(CC(C)N)Nc2nc(Cc3ccc(F)c(C)c3)ns2)cc1. The number of benzene rings is 2. The minimum absolute atomic E-state index is 0.0686. The molecule has 0 aliphatic heterocycles. The van der Waals surface area contributed by atoms with Crippen molar-refractivity contribution in [1.29, 1.82) is 0 Å². The van der Waals surface area contributed by atoms with Gasteiger partial charge in [-0.25, -0.2) is 9.37 Å². The lowest BCUT2D eigenvalue weighted by Gasteiger charge is -2.19. The van der Waals surface area contributed by atoms with Crippen LogP contribution in [0.1, 0.15) is 40.7 Å². The van der Waals surface area contributed by atoms with Crippen LogP contribution in [-0.2, 0) is 6.42 Å². The summed E-state index contributed by atoms with van der Waals surface area (Å²) in [7, 11) is 1.58. The van der Waals surface area contributed by atoms with Crippen molar-refractivity contribution in [2.75, 3.05) is 12.4 Å². The summed E-state index contributed by atoms with van der Waals surface area (Å²) in [6, 6.07) is 11.2. The van der Waals surface area contributed by atoms with Crippen LogP contribution in [-0.4, -0.2) is 34.3 Å². The van der Waals surface area contributed by atoms with Crippen molar-refractivity contribution in [3.8, 4) is 5.75 Å². The third-order valence-corrected chi connectivity index (χ3v) is 5.33. The summed E-state index contributed by atoms with van der Waals surface area (Å²) in [5, 5.41) is 3.74. The quantitative estimate of drug-likeness (QED) is 0.501. The van der Waals surface area contributed by atoms with E-state index in [4.69, 9.17) is 10.5 Å². The average Bonchev–Trinajstić information content (AvgIpc) is 3.16. The summed E-state index contributed by atoms with van der Waals surface area (Å²) in [4.78, 5) is 17.5. The van der Waals surface area contributed by atoms with Gasteiger partial charge >= 0.3 is 0 Å². The van der Waals surface area contributed by atoms with Gasteiger partial charge < -0.3 is 15.8 Å². The molecule has 158 valence electrons. The van der Waals surface area contributed by atoms with E-state index in [0.717, 1.165) is 5.56 Å². The number of halogens is 1. The maximum absolute atomic E-state index is 13.5. The number of nitrogens with one attached hydrogen (secondary N) is 1. The van der Waals surface area contributed by atoms with Crippen LogP contribution < -0.4 is 15.8 Å². The van der Waals surface area contributed by atoms with Gasteiger partial charge in [0.05, 0.1) is 13.2 Å². The molecule has 3 aromatic rings. The van der Waals surface area contributed by atoms with E-state index in [9.17, 15) is 9.18 Å². The summed E-state index contributed by atoms with van der Waals surface area (Å²) in [6.45, 7) is 3.59. The number of carbonyl (C=O) groups is 1. The summed E-state index contributed by atoms with van der Waals surface area (Å²) in [5.74, 6) is 1.00. The van der Waals surface area contributed by atoms with Crippen molar-refractivity contribution >= 4 is 22.4 Å². The van der Waals surface area contributed by atoms with Gasteiger partial charge in [0.2, 0.25) is 5.13 Å². The van der Waals surface area contributed by atoms with Gasteiger partial charge in [-0.3, -0.25) is 4.79 Å². The molecule has 0 radical (unpaired) electrons. The molecule has 30 heavy (non-hydrogen) atoms. The van der Waals surface area contributed by atoms with E-state index in [1.165, 1.54) is 17.6 Å². The standard InChI is InChI=1S/C22H25FN4O2S/c1-13-10-15(4-9-18(13)23)12-20-26-22(30-27-20)25-19(11-14(2)24)21(28)16-5-7-17(29-3)8-6-16/h4-10,14,19H,11-12,24H2,1-3H3,(H,25,26,27). The van der Waals surface area contributed by atoms with E-state index in [1.807, 2.05) is 6.92 Å². The molecule has 0 fully saturated rings. The maximum atomic E-state index is 13.5. The number of ether oxygens (including phenoxy) is 1. The summed E-state index contributed by atoms with van der Waals surface area (Å²) < 4.78 is 23.0. The van der Waals surface area contributed by atoms with Gasteiger partial charge in [-0.1, -0.05) is 12.1 Å². The van der Waals surface area contributed by atoms with Crippen molar-refractivity contribution in [3.05, 3.63) is 70.8 Å². The Kier molecular flexibility index (Phi) is 7.12. The van der Waals surface area contributed by atoms with Gasteiger partial charge in [0.25, 0.3) is 0 Å². The Hall–Kier alpha value is -2.84. The Balaban J connectivity index is 1.73. The highest BCUT2D eigenvalue weighted by Gasteiger charge is 2.23. The minimum Gasteiger partial charge on any atom is -0.497 e. The first-order valence-corrected chi connectivity index (χ1v) is 10.4. The van der Waals surface area contributed by atoms with Crippen molar-refractivity contribution in [2.24, 2.45) is 5.73 Å². The van der Waals surface area contributed by atoms with Gasteiger partial charge in [0, 0.05) is 29.6 Å². The number of hydrogen-bond donors (Lipinski definition) is 2. The molecular weight excluding hydrogens is 403 g/mol. The Bertz CT molecular complexity index is 1000. The molecule has 0 amide bonds. The van der Waals surface area contributed by atoms with Crippen molar-refractivity contribution in [2.45, 2.75) is 38.8 Å². The number of nitrogens with two attached hydrogens (primary N) is 1. The van der Waals surface area contributed by atoms with Crippen LogP contribution in [0.2, 0.25) is 0 Å². The first-order chi connectivity index (χ1) is 14.4. The molecule has 2 unspecified atom stereocenters. The Morgan fingerprint density at radius 1 is 1.27 bits per heavy atom. The van der Waals surface area contributed by atoms with Gasteiger partial charge in [-0.05, 0) is 61.7 Å². The number of ketones is 1. The zero-order valence-corrected chi connectivity index (χ0v) is 18.0. The largest absolute Gasteiger partial charge is 0.497 e. The van der Waals surface area contributed by atoms with Crippen LogP contribution in [0.4, 0.5) is 9.52 Å². The van der Waals surface area contributed by atoms with Crippen LogP contribution in [0.3, 0.4) is 0 Å². The van der Waals surface area contributed by atoms with Gasteiger partial charge in [-0.2, -0.15) is 4.37 Å². The third kappa shape index (κ3) is 5.61. The number of anilines is 1. The topological polar surface area (TPSA) is 90.1 Å². The number of aromatic nitrogens is 2. The second kappa shape index (κ2) is 9.77. The molecule has 1 heterocycles. The highest BCUT2D eigenvalue weighted by molar-refractivity contribution is 7.09. The number of nitrogens with zero attached hydrogens (tertiary/aromatic N) is 2. The van der Waals surface area contributed by atoms with Crippen LogP contribution in [0.25, 0.3) is 0 Å². The van der Waals surface area contributed by atoms with Crippen LogP contribution >= 0.6 is 11.5 Å². The minimum atomic E-state index is -0.521. The molecule has 8 heteroatoms. The molecule has 0 saturated heterocycles. The Morgan fingerprint density at radius 3 is 2.63 bits per heavy atom. The maximum Gasteiger partial charge on any atom is 0.203 e. The van der Waals surface area contributed by atoms with Crippen molar-refractivity contribution < 1.29 is 13.9 Å². The van der Waals surface area contributed by atoms with Crippen molar-refractivity contribution in [3.63, 3.8) is 0 Å². The fourth-order valence-corrected chi connectivity index (χ4v) is 3.73.